The first-order valence-electron chi connectivity index (χ1n) is 2.41. The monoisotopic (exact) mass is 184 g/mol. The van der Waals surface area contributed by atoms with Crippen LogP contribution in [0, 0.1) is 0 Å². The molecule has 1 nitrogen and oxygen atoms in total. The Morgan fingerprint density at radius 1 is 1.75 bits per heavy atom. The molecule has 1 unspecified atom stereocenters. The Morgan fingerprint density at radius 3 is 2.12 bits per heavy atom. The van der Waals surface area contributed by atoms with Crippen LogP contribution in [0.4, 0.5) is 4.39 Å². The lowest BCUT2D eigenvalue weighted by atomic mass is 10.1. The summed E-state index contributed by atoms with van der Waals surface area (Å²) < 4.78 is 12.5. The summed E-state index contributed by atoms with van der Waals surface area (Å²) in [6.07, 6.45) is -0.900. The lowest BCUT2D eigenvalue weighted by Gasteiger charge is -2.18. The first kappa shape index (κ1) is 8.37. The largest absolute Gasteiger partial charge is 0.389 e. The molecule has 0 bridgehead atoms. The van der Waals surface area contributed by atoms with Crippen LogP contribution in [0.25, 0.3) is 0 Å². The van der Waals surface area contributed by atoms with Crippen LogP contribution in [0.1, 0.15) is 13.8 Å². The van der Waals surface area contributed by atoms with Gasteiger partial charge in [0.1, 0.15) is 5.67 Å². The van der Waals surface area contributed by atoms with Crippen molar-refractivity contribution in [3.8, 4) is 0 Å². The Balaban J connectivity index is 3.62. The molecule has 0 fully saturated rings. The highest BCUT2D eigenvalue weighted by Crippen LogP contribution is 2.15. The molecular formula is C5H10BrFO. The average molecular weight is 185 g/mol. The molecule has 0 spiro atoms. The fourth-order valence-corrected chi connectivity index (χ4v) is 0.953. The van der Waals surface area contributed by atoms with E-state index >= 15 is 0 Å². The molecule has 0 aliphatic carbocycles. The number of aliphatic hydroxyl groups is 1. The number of alkyl halides is 2. The van der Waals surface area contributed by atoms with E-state index in [0.717, 1.165) is 0 Å². The molecule has 50 valence electrons. The molecule has 0 amide bonds. The van der Waals surface area contributed by atoms with Crippen LogP contribution in [0.2, 0.25) is 0 Å². The van der Waals surface area contributed by atoms with E-state index in [1.54, 1.807) is 0 Å². The number of halogens is 2. The van der Waals surface area contributed by atoms with Gasteiger partial charge in [-0.25, -0.2) is 4.39 Å². The van der Waals surface area contributed by atoms with Crippen LogP contribution in [0.3, 0.4) is 0 Å². The summed E-state index contributed by atoms with van der Waals surface area (Å²) in [5, 5.41) is 9.06. The second kappa shape index (κ2) is 2.78. The van der Waals surface area contributed by atoms with Gasteiger partial charge in [0.05, 0.1) is 6.10 Å². The minimum atomic E-state index is -1.48. The lowest BCUT2D eigenvalue weighted by molar-refractivity contribution is 0.0350. The van der Waals surface area contributed by atoms with Crippen LogP contribution >= 0.6 is 15.9 Å². The van der Waals surface area contributed by atoms with Crippen molar-refractivity contribution in [2.45, 2.75) is 25.6 Å². The van der Waals surface area contributed by atoms with Gasteiger partial charge in [0.25, 0.3) is 0 Å². The molecule has 0 aromatic carbocycles. The summed E-state index contributed by atoms with van der Waals surface area (Å²) in [7, 11) is 0. The maximum atomic E-state index is 12.5. The van der Waals surface area contributed by atoms with E-state index in [1.165, 1.54) is 13.8 Å². The van der Waals surface area contributed by atoms with Crippen molar-refractivity contribution in [1.82, 2.24) is 0 Å². The van der Waals surface area contributed by atoms with E-state index in [9.17, 15) is 4.39 Å². The van der Waals surface area contributed by atoms with Gasteiger partial charge in [-0.2, -0.15) is 0 Å². The van der Waals surface area contributed by atoms with E-state index in [2.05, 4.69) is 15.9 Å². The molecule has 0 aromatic rings. The van der Waals surface area contributed by atoms with E-state index in [4.69, 9.17) is 5.11 Å². The second-order valence-corrected chi connectivity index (χ2v) is 2.88. The minimum absolute atomic E-state index is 0.288. The Hall–Kier alpha value is 0.370. The van der Waals surface area contributed by atoms with Gasteiger partial charge in [-0.3, -0.25) is 0 Å². The highest BCUT2D eigenvalue weighted by Gasteiger charge is 2.25. The zero-order valence-electron chi connectivity index (χ0n) is 4.99. The maximum absolute atomic E-state index is 12.5. The molecular weight excluding hydrogens is 175 g/mol. The quantitative estimate of drug-likeness (QED) is 0.646. The predicted molar refractivity (Wildman–Crippen MR) is 35.0 cm³/mol. The third-order valence-electron chi connectivity index (χ3n) is 0.939. The lowest BCUT2D eigenvalue weighted by Crippen LogP contribution is -2.32. The van der Waals surface area contributed by atoms with Crippen LogP contribution in [0.5, 0.6) is 0 Å². The molecule has 0 rings (SSSR count). The molecule has 1 atom stereocenters. The SMILES string of the molecule is CC(C)(F)C(O)CBr. The van der Waals surface area contributed by atoms with Gasteiger partial charge in [0.15, 0.2) is 0 Å². The molecule has 0 heterocycles. The summed E-state index contributed by atoms with van der Waals surface area (Å²) in [5.41, 5.74) is -1.48. The van der Waals surface area contributed by atoms with E-state index in [-0.39, 0.29) is 5.33 Å². The zero-order chi connectivity index (χ0) is 6.78. The normalized spacial score (nSPS) is 16.1. The van der Waals surface area contributed by atoms with Crippen LogP contribution < -0.4 is 0 Å². The van der Waals surface area contributed by atoms with E-state index < -0.39 is 11.8 Å². The molecule has 0 aliphatic heterocycles. The van der Waals surface area contributed by atoms with Crippen molar-refractivity contribution in [2.24, 2.45) is 0 Å². The molecule has 8 heavy (non-hydrogen) atoms. The Bertz CT molecular complexity index is 69.3. The third-order valence-corrected chi connectivity index (χ3v) is 1.55. The molecule has 0 radical (unpaired) electrons. The topological polar surface area (TPSA) is 20.2 Å². The first-order chi connectivity index (χ1) is 3.48. The standard InChI is InChI=1S/C5H10BrFO/c1-5(2,7)4(8)3-6/h4,8H,3H2,1-2H3. The predicted octanol–water partition coefficient (Wildman–Crippen LogP) is 1.49. The van der Waals surface area contributed by atoms with Crippen molar-refractivity contribution >= 4 is 15.9 Å². The second-order valence-electron chi connectivity index (χ2n) is 2.23. The molecule has 0 aliphatic rings. The van der Waals surface area contributed by atoms with Crippen molar-refractivity contribution in [2.75, 3.05) is 5.33 Å². The number of rotatable bonds is 2. The highest BCUT2D eigenvalue weighted by molar-refractivity contribution is 9.09. The third kappa shape index (κ3) is 2.62. The van der Waals surface area contributed by atoms with E-state index in [1.807, 2.05) is 0 Å². The van der Waals surface area contributed by atoms with Crippen molar-refractivity contribution in [1.29, 1.82) is 0 Å². The Kier molecular flexibility index (Phi) is 2.91. The molecule has 0 aromatic heterocycles. The summed E-state index contributed by atoms with van der Waals surface area (Å²) in [6, 6.07) is 0. The van der Waals surface area contributed by atoms with Gasteiger partial charge in [0.2, 0.25) is 0 Å². The van der Waals surface area contributed by atoms with Crippen LogP contribution in [-0.4, -0.2) is 22.2 Å². The number of hydrogen-bond acceptors (Lipinski definition) is 1. The van der Waals surface area contributed by atoms with Gasteiger partial charge in [0, 0.05) is 5.33 Å². The Morgan fingerprint density at radius 2 is 2.12 bits per heavy atom. The van der Waals surface area contributed by atoms with Gasteiger partial charge in [-0.1, -0.05) is 15.9 Å². The summed E-state index contributed by atoms with van der Waals surface area (Å²) in [5.74, 6) is 0. The zero-order valence-corrected chi connectivity index (χ0v) is 6.57. The van der Waals surface area contributed by atoms with Gasteiger partial charge in [-0.15, -0.1) is 0 Å². The van der Waals surface area contributed by atoms with Gasteiger partial charge < -0.3 is 5.11 Å². The highest BCUT2D eigenvalue weighted by atomic mass is 79.9. The fourth-order valence-electron chi connectivity index (χ4n) is 0.183. The number of hydrogen-bond donors (Lipinski definition) is 1. The maximum Gasteiger partial charge on any atom is 0.132 e. The van der Waals surface area contributed by atoms with E-state index in [0.29, 0.717) is 0 Å². The molecule has 0 saturated heterocycles. The summed E-state index contributed by atoms with van der Waals surface area (Å²) in [4.78, 5) is 0. The van der Waals surface area contributed by atoms with Crippen LogP contribution in [-0.2, 0) is 0 Å². The average Bonchev–Trinajstić information content (AvgIpc) is 1.62. The fraction of sp³-hybridized carbons (Fsp3) is 1.00. The van der Waals surface area contributed by atoms with Gasteiger partial charge in [-0.05, 0) is 13.8 Å². The molecule has 3 heteroatoms. The van der Waals surface area contributed by atoms with Crippen molar-refractivity contribution in [3.63, 3.8) is 0 Å². The smallest absolute Gasteiger partial charge is 0.132 e. The summed E-state index contributed by atoms with van der Waals surface area (Å²) >= 11 is 2.96. The molecule has 1 N–H and O–H groups in total. The minimum Gasteiger partial charge on any atom is -0.389 e. The summed E-state index contributed by atoms with van der Waals surface area (Å²) in [6.45, 7) is 2.69. The van der Waals surface area contributed by atoms with Gasteiger partial charge >= 0.3 is 0 Å². The van der Waals surface area contributed by atoms with Crippen molar-refractivity contribution < 1.29 is 9.50 Å². The van der Waals surface area contributed by atoms with Crippen molar-refractivity contribution in [3.05, 3.63) is 0 Å². The van der Waals surface area contributed by atoms with Crippen LogP contribution in [0.15, 0.2) is 0 Å². The molecule has 0 saturated carbocycles. The first-order valence-corrected chi connectivity index (χ1v) is 3.53. The number of aliphatic hydroxyl groups excluding tert-OH is 1. The Labute approximate surface area is 57.0 Å².